The minimum Gasteiger partial charge on any atom is -0.484 e. The molecule has 1 aliphatic heterocycles. The third-order valence-corrected chi connectivity index (χ3v) is 3.33. The van der Waals surface area contributed by atoms with Crippen LogP contribution in [0, 0.1) is 5.82 Å². The van der Waals surface area contributed by atoms with Crippen LogP contribution in [-0.4, -0.2) is 43.0 Å². The zero-order chi connectivity index (χ0) is 15.1. The Balaban J connectivity index is 1.67. The van der Waals surface area contributed by atoms with E-state index in [1.165, 1.54) is 24.3 Å². The van der Waals surface area contributed by atoms with Crippen molar-refractivity contribution >= 4 is 11.8 Å². The van der Waals surface area contributed by atoms with E-state index in [2.05, 4.69) is 5.32 Å². The van der Waals surface area contributed by atoms with Gasteiger partial charge in [0.05, 0.1) is 6.54 Å². The first-order valence-corrected chi connectivity index (χ1v) is 7.08. The van der Waals surface area contributed by atoms with Crippen molar-refractivity contribution in [1.82, 2.24) is 10.2 Å². The van der Waals surface area contributed by atoms with Gasteiger partial charge in [0, 0.05) is 13.1 Å². The molecular formula is C15H19FN2O3. The maximum atomic E-state index is 12.7. The second-order valence-electron chi connectivity index (χ2n) is 4.96. The van der Waals surface area contributed by atoms with Gasteiger partial charge in [0.2, 0.25) is 5.91 Å². The highest BCUT2D eigenvalue weighted by Crippen LogP contribution is 2.10. The molecule has 1 saturated heterocycles. The van der Waals surface area contributed by atoms with Gasteiger partial charge in [0.25, 0.3) is 5.91 Å². The molecule has 0 aromatic heterocycles. The molecule has 1 aromatic rings. The summed E-state index contributed by atoms with van der Waals surface area (Å²) in [4.78, 5) is 25.2. The third kappa shape index (κ3) is 5.06. The number of halogens is 1. The molecular weight excluding hydrogens is 275 g/mol. The summed E-state index contributed by atoms with van der Waals surface area (Å²) in [6, 6.07) is 5.41. The van der Waals surface area contributed by atoms with Crippen molar-refractivity contribution in [1.29, 1.82) is 0 Å². The lowest BCUT2D eigenvalue weighted by Gasteiger charge is -2.26. The average Bonchev–Trinajstić information content (AvgIpc) is 2.53. The second kappa shape index (κ2) is 7.61. The predicted octanol–water partition coefficient (Wildman–Crippen LogP) is 1.33. The van der Waals surface area contributed by atoms with E-state index in [-0.39, 0.29) is 30.8 Å². The Kier molecular flexibility index (Phi) is 5.54. The number of hydrogen-bond acceptors (Lipinski definition) is 3. The molecule has 1 N–H and O–H groups in total. The van der Waals surface area contributed by atoms with Crippen molar-refractivity contribution in [2.45, 2.75) is 19.3 Å². The highest BCUT2D eigenvalue weighted by molar-refractivity contribution is 5.85. The lowest BCUT2D eigenvalue weighted by atomic mass is 10.1. The Morgan fingerprint density at radius 3 is 2.48 bits per heavy atom. The summed E-state index contributed by atoms with van der Waals surface area (Å²) < 4.78 is 17.9. The van der Waals surface area contributed by atoms with E-state index in [0.717, 1.165) is 32.4 Å². The molecule has 5 nitrogen and oxygen atoms in total. The molecule has 0 bridgehead atoms. The van der Waals surface area contributed by atoms with Gasteiger partial charge in [-0.3, -0.25) is 9.59 Å². The van der Waals surface area contributed by atoms with E-state index >= 15 is 0 Å². The zero-order valence-corrected chi connectivity index (χ0v) is 11.8. The first-order valence-electron chi connectivity index (χ1n) is 7.08. The van der Waals surface area contributed by atoms with Gasteiger partial charge in [-0.2, -0.15) is 0 Å². The van der Waals surface area contributed by atoms with Crippen molar-refractivity contribution in [2.24, 2.45) is 0 Å². The van der Waals surface area contributed by atoms with E-state index in [9.17, 15) is 14.0 Å². The normalized spacial score (nSPS) is 14.6. The molecule has 21 heavy (non-hydrogen) atoms. The van der Waals surface area contributed by atoms with E-state index in [0.29, 0.717) is 5.75 Å². The smallest absolute Gasteiger partial charge is 0.258 e. The van der Waals surface area contributed by atoms with Gasteiger partial charge >= 0.3 is 0 Å². The van der Waals surface area contributed by atoms with Crippen LogP contribution in [-0.2, 0) is 9.59 Å². The summed E-state index contributed by atoms with van der Waals surface area (Å²) in [7, 11) is 0. The van der Waals surface area contributed by atoms with Crippen LogP contribution in [0.2, 0.25) is 0 Å². The van der Waals surface area contributed by atoms with Crippen LogP contribution in [0.3, 0.4) is 0 Å². The van der Waals surface area contributed by atoms with E-state index in [1.54, 1.807) is 4.90 Å². The molecule has 0 aliphatic carbocycles. The number of nitrogens with one attached hydrogen (secondary N) is 1. The van der Waals surface area contributed by atoms with E-state index < -0.39 is 0 Å². The summed E-state index contributed by atoms with van der Waals surface area (Å²) >= 11 is 0. The Bertz CT molecular complexity index is 484. The lowest BCUT2D eigenvalue weighted by molar-refractivity contribution is -0.134. The molecule has 1 fully saturated rings. The highest BCUT2D eigenvalue weighted by Gasteiger charge is 2.16. The number of ether oxygens (including phenoxy) is 1. The molecule has 1 heterocycles. The van der Waals surface area contributed by atoms with Gasteiger partial charge < -0.3 is 15.0 Å². The maximum Gasteiger partial charge on any atom is 0.258 e. The zero-order valence-electron chi connectivity index (χ0n) is 11.8. The van der Waals surface area contributed by atoms with Crippen LogP contribution in [0.5, 0.6) is 5.75 Å². The topological polar surface area (TPSA) is 58.6 Å². The van der Waals surface area contributed by atoms with Crippen molar-refractivity contribution < 1.29 is 18.7 Å². The first-order chi connectivity index (χ1) is 10.1. The number of piperidine rings is 1. The van der Waals surface area contributed by atoms with Crippen molar-refractivity contribution in [2.75, 3.05) is 26.2 Å². The molecule has 0 spiro atoms. The van der Waals surface area contributed by atoms with Crippen LogP contribution < -0.4 is 10.1 Å². The maximum absolute atomic E-state index is 12.7. The summed E-state index contributed by atoms with van der Waals surface area (Å²) in [5, 5.41) is 2.53. The summed E-state index contributed by atoms with van der Waals surface area (Å²) in [6.07, 6.45) is 3.20. The van der Waals surface area contributed by atoms with Crippen molar-refractivity contribution in [3.8, 4) is 5.75 Å². The van der Waals surface area contributed by atoms with E-state index in [1.807, 2.05) is 0 Å². The van der Waals surface area contributed by atoms with Gasteiger partial charge in [0.15, 0.2) is 6.61 Å². The lowest BCUT2D eigenvalue weighted by Crippen LogP contribution is -2.43. The molecule has 1 aromatic carbocycles. The van der Waals surface area contributed by atoms with Gasteiger partial charge in [-0.05, 0) is 43.5 Å². The Morgan fingerprint density at radius 1 is 1.14 bits per heavy atom. The number of rotatable bonds is 5. The van der Waals surface area contributed by atoms with Crippen LogP contribution in [0.25, 0.3) is 0 Å². The monoisotopic (exact) mass is 294 g/mol. The van der Waals surface area contributed by atoms with Crippen LogP contribution >= 0.6 is 0 Å². The molecule has 0 radical (unpaired) electrons. The molecule has 0 atom stereocenters. The standard InChI is InChI=1S/C15H19FN2O3/c16-12-4-6-13(7-5-12)21-11-14(19)17-10-15(20)18-8-2-1-3-9-18/h4-7H,1-3,8-11H2,(H,17,19). The Labute approximate surface area is 123 Å². The van der Waals surface area contributed by atoms with Crippen LogP contribution in [0.1, 0.15) is 19.3 Å². The fourth-order valence-electron chi connectivity index (χ4n) is 2.16. The minimum absolute atomic E-state index is 0.00832. The molecule has 114 valence electrons. The summed E-state index contributed by atoms with van der Waals surface area (Å²) in [5.74, 6) is -0.387. The van der Waals surface area contributed by atoms with Gasteiger partial charge in [-0.1, -0.05) is 0 Å². The van der Waals surface area contributed by atoms with E-state index in [4.69, 9.17) is 4.74 Å². The quantitative estimate of drug-likeness (QED) is 0.891. The number of hydrogen-bond donors (Lipinski definition) is 1. The number of carbonyl (C=O) groups is 2. The number of likely N-dealkylation sites (tertiary alicyclic amines) is 1. The number of nitrogens with zero attached hydrogens (tertiary/aromatic N) is 1. The molecule has 0 saturated carbocycles. The fraction of sp³-hybridized carbons (Fsp3) is 0.467. The van der Waals surface area contributed by atoms with Gasteiger partial charge in [0.1, 0.15) is 11.6 Å². The molecule has 1 aliphatic rings. The molecule has 6 heteroatoms. The van der Waals surface area contributed by atoms with Crippen molar-refractivity contribution in [3.63, 3.8) is 0 Å². The largest absolute Gasteiger partial charge is 0.484 e. The summed E-state index contributed by atoms with van der Waals surface area (Å²) in [5.41, 5.74) is 0. The Morgan fingerprint density at radius 2 is 1.81 bits per heavy atom. The van der Waals surface area contributed by atoms with Crippen LogP contribution in [0.4, 0.5) is 4.39 Å². The SMILES string of the molecule is O=C(COc1ccc(F)cc1)NCC(=O)N1CCCCC1. The van der Waals surface area contributed by atoms with Crippen molar-refractivity contribution in [3.05, 3.63) is 30.1 Å². The number of benzene rings is 1. The third-order valence-electron chi connectivity index (χ3n) is 3.33. The average molecular weight is 294 g/mol. The van der Waals surface area contributed by atoms with Crippen LogP contribution in [0.15, 0.2) is 24.3 Å². The summed E-state index contributed by atoms with van der Waals surface area (Å²) in [6.45, 7) is 1.33. The first kappa shape index (κ1) is 15.3. The van der Waals surface area contributed by atoms with Gasteiger partial charge in [-0.25, -0.2) is 4.39 Å². The number of carbonyl (C=O) groups excluding carboxylic acids is 2. The van der Waals surface area contributed by atoms with Gasteiger partial charge in [-0.15, -0.1) is 0 Å². The molecule has 2 amide bonds. The fourth-order valence-corrected chi connectivity index (χ4v) is 2.16. The Hall–Kier alpha value is -2.11. The number of amides is 2. The predicted molar refractivity (Wildman–Crippen MR) is 75.3 cm³/mol. The minimum atomic E-state index is -0.371. The second-order valence-corrected chi connectivity index (χ2v) is 4.96. The highest BCUT2D eigenvalue weighted by atomic mass is 19.1. The molecule has 0 unspecified atom stereocenters. The molecule has 2 rings (SSSR count).